The predicted molar refractivity (Wildman–Crippen MR) is 142 cm³/mol. The summed E-state index contributed by atoms with van der Waals surface area (Å²) in [7, 11) is 0. The van der Waals surface area contributed by atoms with Crippen molar-refractivity contribution < 1.29 is 19.4 Å². The molecule has 0 aliphatic heterocycles. The van der Waals surface area contributed by atoms with Crippen molar-refractivity contribution in [2.45, 2.75) is 129 Å². The maximum absolute atomic E-state index is 12.1. The SMILES string of the molecule is CCC(C)CCCCCCCCCCCCCCCCCCOC(=O)c1ccccc1C(=O)O. The van der Waals surface area contributed by atoms with Gasteiger partial charge in [-0.05, 0) is 24.5 Å². The van der Waals surface area contributed by atoms with Gasteiger partial charge in [-0.2, -0.15) is 0 Å². The Hall–Kier alpha value is -1.84. The molecule has 0 aromatic heterocycles. The molecule has 0 aliphatic carbocycles. The number of unbranched alkanes of at least 4 members (excludes halogenated alkanes) is 15. The summed E-state index contributed by atoms with van der Waals surface area (Å²) in [4.78, 5) is 23.3. The van der Waals surface area contributed by atoms with Crippen molar-refractivity contribution in [3.63, 3.8) is 0 Å². The lowest BCUT2D eigenvalue weighted by atomic mass is 9.99. The highest BCUT2D eigenvalue weighted by atomic mass is 16.5. The van der Waals surface area contributed by atoms with Crippen molar-refractivity contribution in [1.82, 2.24) is 0 Å². The number of ether oxygens (including phenoxy) is 1. The third-order valence-corrected chi connectivity index (χ3v) is 6.90. The Kier molecular flexibility index (Phi) is 18.2. The number of carboxylic acid groups (broad SMARTS) is 1. The Morgan fingerprint density at radius 2 is 1.12 bits per heavy atom. The van der Waals surface area contributed by atoms with Gasteiger partial charge in [0.1, 0.15) is 0 Å². The van der Waals surface area contributed by atoms with Crippen LogP contribution in [0.1, 0.15) is 150 Å². The lowest BCUT2D eigenvalue weighted by molar-refractivity contribution is 0.0487. The van der Waals surface area contributed by atoms with E-state index in [1.165, 1.54) is 115 Å². The number of aromatic carboxylic acids is 1. The second kappa shape index (κ2) is 20.5. The van der Waals surface area contributed by atoms with Gasteiger partial charge >= 0.3 is 11.9 Å². The fourth-order valence-corrected chi connectivity index (χ4v) is 4.36. The molecule has 0 radical (unpaired) electrons. The number of carbonyl (C=O) groups is 2. The molecule has 1 aromatic rings. The van der Waals surface area contributed by atoms with E-state index in [0.29, 0.717) is 6.61 Å². The van der Waals surface area contributed by atoms with E-state index in [0.717, 1.165) is 18.8 Å². The zero-order valence-corrected chi connectivity index (χ0v) is 22.0. The lowest BCUT2D eigenvalue weighted by Crippen LogP contribution is -2.12. The van der Waals surface area contributed by atoms with Crippen molar-refractivity contribution in [1.29, 1.82) is 0 Å². The minimum absolute atomic E-state index is 0.00428. The predicted octanol–water partition coefficient (Wildman–Crippen LogP) is 9.22. The molecule has 1 N–H and O–H groups in total. The molecule has 0 saturated heterocycles. The molecular formula is C30H50O4. The zero-order chi connectivity index (χ0) is 24.9. The summed E-state index contributed by atoms with van der Waals surface area (Å²) in [5.41, 5.74) is 0.123. The average Bonchev–Trinajstić information content (AvgIpc) is 2.84. The highest BCUT2D eigenvalue weighted by Crippen LogP contribution is 2.16. The summed E-state index contributed by atoms with van der Waals surface area (Å²) in [6.07, 6.45) is 23.7. The molecule has 0 heterocycles. The van der Waals surface area contributed by atoms with Gasteiger partial charge in [0.15, 0.2) is 0 Å². The zero-order valence-electron chi connectivity index (χ0n) is 22.0. The minimum Gasteiger partial charge on any atom is -0.478 e. The average molecular weight is 475 g/mol. The molecule has 4 nitrogen and oxygen atoms in total. The molecule has 0 spiro atoms. The first-order valence-electron chi connectivity index (χ1n) is 14.1. The van der Waals surface area contributed by atoms with Gasteiger partial charge in [0.05, 0.1) is 17.7 Å². The van der Waals surface area contributed by atoms with E-state index >= 15 is 0 Å². The first kappa shape index (κ1) is 30.2. The molecule has 1 atom stereocenters. The first-order valence-corrected chi connectivity index (χ1v) is 14.1. The lowest BCUT2D eigenvalue weighted by Gasteiger charge is -2.07. The summed E-state index contributed by atoms with van der Waals surface area (Å²) in [5, 5.41) is 9.15. The minimum atomic E-state index is -1.11. The molecule has 0 aliphatic rings. The highest BCUT2D eigenvalue weighted by molar-refractivity contribution is 6.02. The van der Waals surface area contributed by atoms with Crippen LogP contribution in [0, 0.1) is 5.92 Å². The second-order valence-electron chi connectivity index (χ2n) is 9.95. The molecule has 0 bridgehead atoms. The van der Waals surface area contributed by atoms with Crippen LogP contribution in [0.5, 0.6) is 0 Å². The molecule has 0 fully saturated rings. The van der Waals surface area contributed by atoms with Crippen LogP contribution in [0.3, 0.4) is 0 Å². The van der Waals surface area contributed by atoms with Crippen LogP contribution in [0.15, 0.2) is 24.3 Å². The number of esters is 1. The van der Waals surface area contributed by atoms with Gasteiger partial charge in [-0.25, -0.2) is 9.59 Å². The Balaban J connectivity index is 1.83. The molecule has 34 heavy (non-hydrogen) atoms. The fraction of sp³-hybridized carbons (Fsp3) is 0.733. The van der Waals surface area contributed by atoms with Crippen LogP contribution in [0.2, 0.25) is 0 Å². The normalized spacial score (nSPS) is 11.9. The van der Waals surface area contributed by atoms with Gasteiger partial charge in [-0.1, -0.05) is 135 Å². The number of rotatable bonds is 22. The maximum Gasteiger partial charge on any atom is 0.339 e. The number of benzene rings is 1. The van der Waals surface area contributed by atoms with Crippen LogP contribution in [-0.4, -0.2) is 23.7 Å². The summed E-state index contributed by atoms with van der Waals surface area (Å²) in [5.74, 6) is -0.741. The van der Waals surface area contributed by atoms with Crippen LogP contribution in [-0.2, 0) is 4.74 Å². The summed E-state index contributed by atoms with van der Waals surface area (Å²) < 4.78 is 5.25. The Bertz CT molecular complexity index is 655. The van der Waals surface area contributed by atoms with Gasteiger partial charge in [0.25, 0.3) is 0 Å². The molecule has 1 aromatic carbocycles. The third-order valence-electron chi connectivity index (χ3n) is 6.90. The summed E-state index contributed by atoms with van der Waals surface area (Å²) in [6.45, 7) is 5.02. The largest absolute Gasteiger partial charge is 0.478 e. The van der Waals surface area contributed by atoms with Crippen LogP contribution in [0.25, 0.3) is 0 Å². The Labute approximate surface area is 208 Å². The third kappa shape index (κ3) is 15.1. The summed E-state index contributed by atoms with van der Waals surface area (Å²) in [6, 6.07) is 6.19. The Morgan fingerprint density at radius 3 is 1.56 bits per heavy atom. The molecule has 0 saturated carbocycles. The van der Waals surface area contributed by atoms with Gasteiger partial charge in [0.2, 0.25) is 0 Å². The number of hydrogen-bond acceptors (Lipinski definition) is 3. The Morgan fingerprint density at radius 1 is 0.706 bits per heavy atom. The standard InChI is InChI=1S/C30H50O4/c1-3-26(2)22-18-16-14-12-10-8-6-4-5-7-9-11-13-15-17-21-25-34-30(33)28-24-20-19-23-27(28)29(31)32/h19-20,23-24,26H,3-18,21-22,25H2,1-2H3,(H,31,32). The van der Waals surface area contributed by atoms with E-state index in [9.17, 15) is 9.59 Å². The van der Waals surface area contributed by atoms with Crippen molar-refractivity contribution >= 4 is 11.9 Å². The topological polar surface area (TPSA) is 63.6 Å². The molecule has 1 rings (SSSR count). The van der Waals surface area contributed by atoms with Crippen molar-refractivity contribution in [3.8, 4) is 0 Å². The van der Waals surface area contributed by atoms with E-state index in [1.807, 2.05) is 0 Å². The van der Waals surface area contributed by atoms with Crippen molar-refractivity contribution in [3.05, 3.63) is 35.4 Å². The van der Waals surface area contributed by atoms with E-state index < -0.39 is 11.9 Å². The highest BCUT2D eigenvalue weighted by Gasteiger charge is 2.16. The first-order chi connectivity index (χ1) is 16.6. The van der Waals surface area contributed by atoms with Crippen LogP contribution < -0.4 is 0 Å². The summed E-state index contributed by atoms with van der Waals surface area (Å²) >= 11 is 0. The monoisotopic (exact) mass is 474 g/mol. The van der Waals surface area contributed by atoms with E-state index in [2.05, 4.69) is 13.8 Å². The second-order valence-corrected chi connectivity index (χ2v) is 9.95. The van der Waals surface area contributed by atoms with Gasteiger partial charge in [-0.15, -0.1) is 0 Å². The molecule has 194 valence electrons. The number of carbonyl (C=O) groups excluding carboxylic acids is 1. The molecular weight excluding hydrogens is 424 g/mol. The van der Waals surface area contributed by atoms with Crippen molar-refractivity contribution in [2.24, 2.45) is 5.92 Å². The molecule has 1 unspecified atom stereocenters. The number of hydrogen-bond donors (Lipinski definition) is 1. The molecule has 0 amide bonds. The van der Waals surface area contributed by atoms with E-state index in [-0.39, 0.29) is 11.1 Å². The van der Waals surface area contributed by atoms with Gasteiger partial charge < -0.3 is 9.84 Å². The fourth-order valence-electron chi connectivity index (χ4n) is 4.36. The van der Waals surface area contributed by atoms with E-state index in [1.54, 1.807) is 12.1 Å². The van der Waals surface area contributed by atoms with Gasteiger partial charge in [-0.3, -0.25) is 0 Å². The van der Waals surface area contributed by atoms with Gasteiger partial charge in [0, 0.05) is 0 Å². The maximum atomic E-state index is 12.1. The smallest absolute Gasteiger partial charge is 0.339 e. The van der Waals surface area contributed by atoms with Crippen LogP contribution in [0.4, 0.5) is 0 Å². The van der Waals surface area contributed by atoms with E-state index in [4.69, 9.17) is 9.84 Å². The van der Waals surface area contributed by atoms with Crippen LogP contribution >= 0.6 is 0 Å². The quantitative estimate of drug-likeness (QED) is 0.134. The molecule has 4 heteroatoms. The van der Waals surface area contributed by atoms with Crippen molar-refractivity contribution in [2.75, 3.05) is 6.61 Å². The number of carboxylic acids is 1.